The zero-order valence-corrected chi connectivity index (χ0v) is 51.2. The third-order valence-corrected chi connectivity index (χ3v) is 14.7. The van der Waals surface area contributed by atoms with Gasteiger partial charge in [0.25, 0.3) is 0 Å². The van der Waals surface area contributed by atoms with Gasteiger partial charge in [0.15, 0.2) is 6.10 Å². The van der Waals surface area contributed by atoms with E-state index in [0.29, 0.717) is 19.3 Å². The fourth-order valence-corrected chi connectivity index (χ4v) is 9.70. The molecule has 6 heteroatoms. The molecule has 446 valence electrons. The second kappa shape index (κ2) is 65.4. The van der Waals surface area contributed by atoms with E-state index in [1.54, 1.807) is 0 Å². The van der Waals surface area contributed by atoms with Gasteiger partial charge in [0.2, 0.25) is 0 Å². The van der Waals surface area contributed by atoms with E-state index in [4.69, 9.17) is 14.2 Å². The Morgan fingerprint density at radius 1 is 0.273 bits per heavy atom. The first-order valence-electron chi connectivity index (χ1n) is 33.4. The van der Waals surface area contributed by atoms with Crippen molar-refractivity contribution in [3.8, 4) is 0 Å². The van der Waals surface area contributed by atoms with Gasteiger partial charge < -0.3 is 14.2 Å². The minimum atomic E-state index is -0.781. The van der Waals surface area contributed by atoms with Crippen molar-refractivity contribution in [3.63, 3.8) is 0 Å². The lowest BCUT2D eigenvalue weighted by molar-refractivity contribution is -0.167. The molecule has 0 heterocycles. The largest absolute Gasteiger partial charge is 0.462 e. The van der Waals surface area contributed by atoms with Crippen molar-refractivity contribution < 1.29 is 28.6 Å². The molecule has 0 fully saturated rings. The maximum absolute atomic E-state index is 12.9. The zero-order chi connectivity index (χ0) is 55.7. The van der Waals surface area contributed by atoms with Gasteiger partial charge in [-0.25, -0.2) is 0 Å². The van der Waals surface area contributed by atoms with E-state index < -0.39 is 6.10 Å². The van der Waals surface area contributed by atoms with Gasteiger partial charge in [-0.15, -0.1) is 0 Å². The van der Waals surface area contributed by atoms with Crippen molar-refractivity contribution in [1.82, 2.24) is 0 Å². The summed E-state index contributed by atoms with van der Waals surface area (Å²) < 4.78 is 17.0. The number of unbranched alkanes of at least 4 members (excludes halogenated alkanes) is 38. The molecule has 0 N–H and O–H groups in total. The van der Waals surface area contributed by atoms with Gasteiger partial charge in [-0.1, -0.05) is 306 Å². The van der Waals surface area contributed by atoms with Gasteiger partial charge in [-0.05, 0) is 89.9 Å². The fourth-order valence-electron chi connectivity index (χ4n) is 9.70. The molecule has 0 aromatic heterocycles. The summed E-state index contributed by atoms with van der Waals surface area (Å²) in [6.45, 7) is 6.55. The number of hydrogen-bond acceptors (Lipinski definition) is 6. The van der Waals surface area contributed by atoms with Crippen LogP contribution in [0.5, 0.6) is 0 Å². The standard InChI is InChI=1S/C71H126O6/c1-4-7-10-13-16-19-22-25-28-31-33-34-35-36-37-38-39-41-43-46-49-52-55-58-61-64-70(73)76-67-68(66-75-69(72)63-60-57-54-51-48-45-42-30-27-24-21-18-15-12-9-6-3)77-71(74)65-62-59-56-53-50-47-44-40-32-29-26-23-20-17-14-11-8-5-2/h7,10,16,19,21,24-25,28,30,33-34,42,68H,4-6,8-9,11-15,17-18,20,22-23,26-27,29,31-32,35-41,43-67H2,1-3H3/b10-7-,19-16-,24-21-,28-25-,34-33-,42-30-. The monoisotopic (exact) mass is 1070 g/mol. The number of rotatable bonds is 61. The maximum Gasteiger partial charge on any atom is 0.306 e. The van der Waals surface area contributed by atoms with Gasteiger partial charge in [0.05, 0.1) is 0 Å². The molecule has 1 unspecified atom stereocenters. The Hall–Kier alpha value is -3.15. The molecule has 0 amide bonds. The summed E-state index contributed by atoms with van der Waals surface area (Å²) in [4.78, 5) is 38.4. The highest BCUT2D eigenvalue weighted by Gasteiger charge is 2.19. The van der Waals surface area contributed by atoms with Crippen LogP contribution in [0, 0.1) is 0 Å². The average molecular weight is 1080 g/mol. The van der Waals surface area contributed by atoms with Crippen LogP contribution in [-0.2, 0) is 28.6 Å². The first-order valence-corrected chi connectivity index (χ1v) is 33.4. The van der Waals surface area contributed by atoms with Crippen LogP contribution in [0.25, 0.3) is 0 Å². The Morgan fingerprint density at radius 2 is 0.506 bits per heavy atom. The second-order valence-electron chi connectivity index (χ2n) is 22.4. The summed E-state index contributed by atoms with van der Waals surface area (Å²) in [6.07, 6.45) is 84.8. The molecule has 6 nitrogen and oxygen atoms in total. The first kappa shape index (κ1) is 73.8. The number of allylic oxidation sites excluding steroid dienone is 12. The first-order chi connectivity index (χ1) is 38.0. The quantitative estimate of drug-likeness (QED) is 0.0261. The summed E-state index contributed by atoms with van der Waals surface area (Å²) in [5.74, 6) is -0.873. The van der Waals surface area contributed by atoms with E-state index in [9.17, 15) is 14.4 Å². The Kier molecular flexibility index (Phi) is 62.7. The molecule has 0 radical (unpaired) electrons. The van der Waals surface area contributed by atoms with E-state index in [1.807, 2.05) is 0 Å². The number of hydrogen-bond donors (Lipinski definition) is 0. The number of carbonyl (C=O) groups excluding carboxylic acids is 3. The summed E-state index contributed by atoms with van der Waals surface area (Å²) in [7, 11) is 0. The van der Waals surface area contributed by atoms with E-state index in [1.165, 1.54) is 199 Å². The molecule has 0 bridgehead atoms. The Balaban J connectivity index is 4.32. The average Bonchev–Trinajstić information content (AvgIpc) is 3.43. The molecular formula is C71H126O6. The van der Waals surface area contributed by atoms with Gasteiger partial charge in [0, 0.05) is 19.3 Å². The van der Waals surface area contributed by atoms with Crippen molar-refractivity contribution in [3.05, 3.63) is 72.9 Å². The van der Waals surface area contributed by atoms with Gasteiger partial charge >= 0.3 is 17.9 Å². The minimum absolute atomic E-state index is 0.0773. The van der Waals surface area contributed by atoms with Gasteiger partial charge in [-0.3, -0.25) is 14.4 Å². The highest BCUT2D eigenvalue weighted by molar-refractivity contribution is 5.71. The minimum Gasteiger partial charge on any atom is -0.462 e. The van der Waals surface area contributed by atoms with E-state index in [0.717, 1.165) is 103 Å². The predicted molar refractivity (Wildman–Crippen MR) is 335 cm³/mol. The number of ether oxygens (including phenoxy) is 3. The van der Waals surface area contributed by atoms with Crippen molar-refractivity contribution in [2.24, 2.45) is 0 Å². The topological polar surface area (TPSA) is 78.9 Å². The summed E-state index contributed by atoms with van der Waals surface area (Å²) >= 11 is 0. The molecule has 0 aromatic rings. The normalized spacial score (nSPS) is 12.5. The van der Waals surface area contributed by atoms with Crippen molar-refractivity contribution in [1.29, 1.82) is 0 Å². The molecule has 0 aliphatic carbocycles. The van der Waals surface area contributed by atoms with Crippen LogP contribution in [0.3, 0.4) is 0 Å². The van der Waals surface area contributed by atoms with Crippen LogP contribution in [0.2, 0.25) is 0 Å². The Labute approximate surface area is 478 Å². The van der Waals surface area contributed by atoms with Crippen molar-refractivity contribution >= 4 is 17.9 Å². The smallest absolute Gasteiger partial charge is 0.306 e. The van der Waals surface area contributed by atoms with Crippen LogP contribution in [0.4, 0.5) is 0 Å². The third kappa shape index (κ3) is 63.6. The molecule has 0 spiro atoms. The van der Waals surface area contributed by atoms with Crippen LogP contribution >= 0.6 is 0 Å². The molecule has 0 aromatic carbocycles. The highest BCUT2D eigenvalue weighted by Crippen LogP contribution is 2.17. The number of carbonyl (C=O) groups is 3. The summed E-state index contributed by atoms with van der Waals surface area (Å²) in [6, 6.07) is 0. The van der Waals surface area contributed by atoms with Crippen LogP contribution < -0.4 is 0 Å². The van der Waals surface area contributed by atoms with E-state index >= 15 is 0 Å². The zero-order valence-electron chi connectivity index (χ0n) is 51.2. The fraction of sp³-hybridized carbons (Fsp3) is 0.789. The van der Waals surface area contributed by atoms with Crippen LogP contribution in [-0.4, -0.2) is 37.2 Å². The second-order valence-corrected chi connectivity index (χ2v) is 22.4. The SMILES string of the molecule is CC/C=C\C/C=C\C/C=C\C/C=C\CCCCCCCCCCCCCCC(=O)OCC(COC(=O)CCCCCCC/C=C\C/C=C\CCCCCC)OC(=O)CCCCCCCCCCCCCCCCCCCC. The third-order valence-electron chi connectivity index (χ3n) is 14.7. The molecule has 1 atom stereocenters. The molecule has 0 saturated heterocycles. The lowest BCUT2D eigenvalue weighted by Gasteiger charge is -2.18. The van der Waals surface area contributed by atoms with Gasteiger partial charge in [-0.2, -0.15) is 0 Å². The molecule has 0 rings (SSSR count). The summed E-state index contributed by atoms with van der Waals surface area (Å²) in [5.41, 5.74) is 0. The molecule has 0 aliphatic heterocycles. The maximum atomic E-state index is 12.9. The van der Waals surface area contributed by atoms with Gasteiger partial charge in [0.1, 0.15) is 13.2 Å². The Morgan fingerprint density at radius 3 is 0.805 bits per heavy atom. The molecule has 0 saturated carbocycles. The van der Waals surface area contributed by atoms with Crippen LogP contribution in [0.1, 0.15) is 342 Å². The lowest BCUT2D eigenvalue weighted by atomic mass is 10.0. The highest BCUT2D eigenvalue weighted by atomic mass is 16.6. The molecule has 0 aliphatic rings. The predicted octanol–water partition coefficient (Wildman–Crippen LogP) is 22.9. The van der Waals surface area contributed by atoms with Crippen molar-refractivity contribution in [2.75, 3.05) is 13.2 Å². The van der Waals surface area contributed by atoms with Crippen LogP contribution in [0.15, 0.2) is 72.9 Å². The van der Waals surface area contributed by atoms with E-state index in [-0.39, 0.29) is 31.1 Å². The number of esters is 3. The van der Waals surface area contributed by atoms with Crippen molar-refractivity contribution in [2.45, 2.75) is 348 Å². The Bertz CT molecular complexity index is 1420. The van der Waals surface area contributed by atoms with E-state index in [2.05, 4.69) is 93.7 Å². The molecular weight excluding hydrogens is 949 g/mol. The summed E-state index contributed by atoms with van der Waals surface area (Å²) in [5, 5.41) is 0. The lowest BCUT2D eigenvalue weighted by Crippen LogP contribution is -2.30. The molecule has 77 heavy (non-hydrogen) atoms.